The number of fused-ring (bicyclic) bond motifs is 1. The summed E-state index contributed by atoms with van der Waals surface area (Å²) in [6.07, 6.45) is 1.59. The van der Waals surface area contributed by atoms with E-state index in [0.717, 1.165) is 10.5 Å². The predicted octanol–water partition coefficient (Wildman–Crippen LogP) is 2.72. The lowest BCUT2D eigenvalue weighted by Gasteiger charge is -2.17. The van der Waals surface area contributed by atoms with Crippen LogP contribution in [0.15, 0.2) is 51.5 Å². The highest BCUT2D eigenvalue weighted by atomic mass is 32.1. The number of aromatic nitrogens is 3. The summed E-state index contributed by atoms with van der Waals surface area (Å²) in [5.74, 6) is 1.59. The van der Waals surface area contributed by atoms with Gasteiger partial charge < -0.3 is 13.7 Å². The first-order chi connectivity index (χ1) is 11.7. The smallest absolute Gasteiger partial charge is 0.283 e. The van der Waals surface area contributed by atoms with Crippen molar-refractivity contribution in [1.82, 2.24) is 15.2 Å². The molecule has 7 heteroatoms. The van der Waals surface area contributed by atoms with Gasteiger partial charge in [-0.3, -0.25) is 0 Å². The average molecular weight is 341 g/mol. The number of nitrogens with zero attached hydrogens (tertiary/aromatic N) is 3. The molecule has 0 aliphatic heterocycles. The molecule has 0 saturated heterocycles. The van der Waals surface area contributed by atoms with Crippen LogP contribution in [0.1, 0.15) is 23.9 Å². The van der Waals surface area contributed by atoms with Crippen LogP contribution in [0.3, 0.4) is 0 Å². The lowest BCUT2D eigenvalue weighted by Crippen LogP contribution is -3.07. The lowest BCUT2D eigenvalue weighted by atomic mass is 10.3. The van der Waals surface area contributed by atoms with E-state index in [1.165, 1.54) is 9.60 Å². The van der Waals surface area contributed by atoms with Gasteiger partial charge in [-0.15, -0.1) is 21.5 Å². The standard InChI is InChI=1S/C17H16N4O2S/c1-11(17-18-12-6-3-4-8-14(12)24-17)21(2)10-15-19-20-16(23-15)13-7-5-9-22-13/h3-9,11H,10H2,1-2H3/p+1/t11-/m1/s1. The minimum absolute atomic E-state index is 0.237. The summed E-state index contributed by atoms with van der Waals surface area (Å²) in [6.45, 7) is 2.79. The molecule has 0 spiro atoms. The second-order valence-corrected chi connectivity index (χ2v) is 6.81. The Morgan fingerprint density at radius 3 is 2.83 bits per heavy atom. The van der Waals surface area contributed by atoms with E-state index >= 15 is 0 Å². The van der Waals surface area contributed by atoms with E-state index in [1.807, 2.05) is 18.2 Å². The number of nitrogens with one attached hydrogen (secondary N) is 1. The van der Waals surface area contributed by atoms with Gasteiger partial charge in [0.25, 0.3) is 11.8 Å². The number of rotatable bonds is 5. The van der Waals surface area contributed by atoms with Gasteiger partial charge in [0.15, 0.2) is 17.3 Å². The zero-order chi connectivity index (χ0) is 16.5. The van der Waals surface area contributed by atoms with Crippen molar-refractivity contribution in [3.8, 4) is 11.7 Å². The molecule has 3 aromatic heterocycles. The van der Waals surface area contributed by atoms with Gasteiger partial charge in [0.2, 0.25) is 0 Å². The molecule has 24 heavy (non-hydrogen) atoms. The van der Waals surface area contributed by atoms with E-state index in [0.29, 0.717) is 24.1 Å². The molecule has 0 aliphatic rings. The third-order valence-corrected chi connectivity index (χ3v) is 5.27. The maximum absolute atomic E-state index is 5.69. The molecule has 4 aromatic rings. The van der Waals surface area contributed by atoms with E-state index < -0.39 is 0 Å². The van der Waals surface area contributed by atoms with Crippen LogP contribution < -0.4 is 4.90 Å². The largest absolute Gasteiger partial charge is 0.459 e. The van der Waals surface area contributed by atoms with Gasteiger partial charge in [-0.1, -0.05) is 12.1 Å². The Kier molecular flexibility index (Phi) is 3.87. The second kappa shape index (κ2) is 6.18. The number of furan rings is 1. The number of para-hydroxylation sites is 1. The third-order valence-electron chi connectivity index (χ3n) is 4.05. The Morgan fingerprint density at radius 1 is 1.17 bits per heavy atom. The molecule has 122 valence electrons. The summed E-state index contributed by atoms with van der Waals surface area (Å²) in [5.41, 5.74) is 1.05. The normalized spacial score (nSPS) is 14.1. The molecule has 6 nitrogen and oxygen atoms in total. The van der Waals surface area contributed by atoms with Crippen LogP contribution in [-0.2, 0) is 6.54 Å². The summed E-state index contributed by atoms with van der Waals surface area (Å²) in [7, 11) is 2.10. The Bertz CT molecular complexity index is 911. The summed E-state index contributed by atoms with van der Waals surface area (Å²) in [4.78, 5) is 5.98. The van der Waals surface area contributed by atoms with Crippen LogP contribution >= 0.6 is 11.3 Å². The van der Waals surface area contributed by atoms with Crippen molar-refractivity contribution >= 4 is 21.6 Å². The molecule has 0 bridgehead atoms. The van der Waals surface area contributed by atoms with Gasteiger partial charge in [-0.05, 0) is 31.2 Å². The van der Waals surface area contributed by atoms with E-state index in [4.69, 9.17) is 13.8 Å². The molecular weight excluding hydrogens is 324 g/mol. The van der Waals surface area contributed by atoms with Crippen molar-refractivity contribution in [2.45, 2.75) is 19.5 Å². The molecule has 2 atom stereocenters. The van der Waals surface area contributed by atoms with E-state index in [9.17, 15) is 0 Å². The molecular formula is C17H17N4O2S+. The minimum atomic E-state index is 0.237. The van der Waals surface area contributed by atoms with Crippen molar-refractivity contribution in [3.63, 3.8) is 0 Å². The fourth-order valence-electron chi connectivity index (χ4n) is 2.50. The molecule has 1 aromatic carbocycles. The fraction of sp³-hybridized carbons (Fsp3) is 0.235. The molecule has 0 saturated carbocycles. The monoisotopic (exact) mass is 341 g/mol. The van der Waals surface area contributed by atoms with Crippen LogP contribution in [0.25, 0.3) is 21.9 Å². The quantitative estimate of drug-likeness (QED) is 0.604. The van der Waals surface area contributed by atoms with Crippen molar-refractivity contribution in [3.05, 3.63) is 53.6 Å². The first-order valence-electron chi connectivity index (χ1n) is 7.75. The summed E-state index contributed by atoms with van der Waals surface area (Å²) < 4.78 is 12.2. The Balaban J connectivity index is 1.50. The molecule has 0 amide bonds. The lowest BCUT2D eigenvalue weighted by molar-refractivity contribution is -0.925. The summed E-state index contributed by atoms with van der Waals surface area (Å²) >= 11 is 1.73. The molecule has 0 radical (unpaired) electrons. The van der Waals surface area contributed by atoms with Crippen LogP contribution in [0.4, 0.5) is 0 Å². The topological polar surface area (TPSA) is 69.4 Å². The number of thiazole rings is 1. The van der Waals surface area contributed by atoms with Gasteiger partial charge in [0.05, 0.1) is 23.5 Å². The van der Waals surface area contributed by atoms with Crippen molar-refractivity contribution < 1.29 is 13.7 Å². The summed E-state index contributed by atoms with van der Waals surface area (Å²) in [6, 6.07) is 12.0. The first kappa shape index (κ1) is 15.0. The van der Waals surface area contributed by atoms with Crippen molar-refractivity contribution in [1.29, 1.82) is 0 Å². The van der Waals surface area contributed by atoms with Crippen LogP contribution in [0.2, 0.25) is 0 Å². The van der Waals surface area contributed by atoms with Gasteiger partial charge in [0.1, 0.15) is 6.04 Å². The average Bonchev–Trinajstić information content (AvgIpc) is 3.32. The number of benzene rings is 1. The maximum atomic E-state index is 5.69. The molecule has 0 fully saturated rings. The highest BCUT2D eigenvalue weighted by Gasteiger charge is 2.22. The number of quaternary nitrogens is 1. The molecule has 3 heterocycles. The number of hydrogen-bond donors (Lipinski definition) is 1. The van der Waals surface area contributed by atoms with E-state index in [2.05, 4.69) is 30.2 Å². The zero-order valence-electron chi connectivity index (χ0n) is 13.4. The van der Waals surface area contributed by atoms with Gasteiger partial charge in [-0.2, -0.15) is 0 Å². The van der Waals surface area contributed by atoms with E-state index in [1.54, 1.807) is 29.7 Å². The van der Waals surface area contributed by atoms with Gasteiger partial charge in [0, 0.05) is 0 Å². The highest BCUT2D eigenvalue weighted by molar-refractivity contribution is 7.18. The maximum Gasteiger partial charge on any atom is 0.283 e. The molecule has 0 aliphatic carbocycles. The van der Waals surface area contributed by atoms with Crippen molar-refractivity contribution in [2.24, 2.45) is 0 Å². The molecule has 4 rings (SSSR count). The van der Waals surface area contributed by atoms with Crippen LogP contribution in [-0.4, -0.2) is 22.2 Å². The first-order valence-corrected chi connectivity index (χ1v) is 8.56. The van der Waals surface area contributed by atoms with Crippen molar-refractivity contribution in [2.75, 3.05) is 7.05 Å². The van der Waals surface area contributed by atoms with Gasteiger partial charge >= 0.3 is 0 Å². The fourth-order valence-corrected chi connectivity index (χ4v) is 3.61. The Labute approximate surface area is 142 Å². The van der Waals surface area contributed by atoms with Crippen LogP contribution in [0.5, 0.6) is 0 Å². The summed E-state index contributed by atoms with van der Waals surface area (Å²) in [5, 5.41) is 9.27. The second-order valence-electron chi connectivity index (χ2n) is 5.74. The molecule has 1 unspecified atom stereocenters. The SMILES string of the molecule is C[C@H](c1nc2ccccc2s1)[NH+](C)Cc1nnc(-c2ccco2)o1. The zero-order valence-corrected chi connectivity index (χ0v) is 14.2. The molecule has 1 N–H and O–H groups in total. The van der Waals surface area contributed by atoms with Crippen LogP contribution in [0, 0.1) is 0 Å². The Morgan fingerprint density at radius 2 is 2.04 bits per heavy atom. The number of hydrogen-bond acceptors (Lipinski definition) is 6. The Hall–Kier alpha value is -2.51. The van der Waals surface area contributed by atoms with E-state index in [-0.39, 0.29) is 6.04 Å². The van der Waals surface area contributed by atoms with Gasteiger partial charge in [-0.25, -0.2) is 4.98 Å². The highest BCUT2D eigenvalue weighted by Crippen LogP contribution is 2.25. The minimum Gasteiger partial charge on any atom is -0.459 e. The third kappa shape index (κ3) is 2.83. The predicted molar refractivity (Wildman–Crippen MR) is 90.6 cm³/mol.